The minimum Gasteiger partial charge on any atom is -0.383 e. The van der Waals surface area contributed by atoms with Crippen molar-refractivity contribution in [1.29, 1.82) is 0 Å². The number of anilines is 1. The molecule has 0 aliphatic carbocycles. The predicted molar refractivity (Wildman–Crippen MR) is 71.6 cm³/mol. The third-order valence-electron chi connectivity index (χ3n) is 2.47. The molecule has 0 fully saturated rings. The number of rotatable bonds is 5. The van der Waals surface area contributed by atoms with E-state index in [4.69, 9.17) is 11.5 Å². The molecule has 6 heteroatoms. The smallest absolute Gasteiger partial charge is 0.186 e. The summed E-state index contributed by atoms with van der Waals surface area (Å²) < 4.78 is 0. The molecular weight excluding hydrogens is 248 g/mol. The second-order valence-electron chi connectivity index (χ2n) is 3.81. The highest BCUT2D eigenvalue weighted by molar-refractivity contribution is 7.09. The van der Waals surface area contributed by atoms with Gasteiger partial charge in [0.2, 0.25) is 0 Å². The first kappa shape index (κ1) is 12.7. The fourth-order valence-electron chi connectivity index (χ4n) is 1.54. The van der Waals surface area contributed by atoms with Gasteiger partial charge in [-0.3, -0.25) is 4.79 Å². The van der Waals surface area contributed by atoms with Gasteiger partial charge in [0.15, 0.2) is 5.78 Å². The van der Waals surface area contributed by atoms with Crippen LogP contribution < -0.4 is 11.5 Å². The van der Waals surface area contributed by atoms with Gasteiger partial charge in [0, 0.05) is 30.0 Å². The Morgan fingerprint density at radius 1 is 1.44 bits per heavy atom. The van der Waals surface area contributed by atoms with E-state index in [0.717, 1.165) is 10.6 Å². The first-order valence-electron chi connectivity index (χ1n) is 5.57. The number of hydrogen-bond donors (Lipinski definition) is 2. The standard InChI is InChI=1S/C12H14N4OS/c13-4-3-11-16-9(7-18-11)10(17)6-8-2-1-5-15-12(8)14/h1-2,5,7H,3-4,6,13H2,(H2,14,15). The molecule has 0 unspecified atom stereocenters. The fraction of sp³-hybridized carbons (Fsp3) is 0.250. The number of thiazole rings is 1. The van der Waals surface area contributed by atoms with Crippen LogP contribution >= 0.6 is 11.3 Å². The maximum Gasteiger partial charge on any atom is 0.186 e. The summed E-state index contributed by atoms with van der Waals surface area (Å²) in [5.74, 6) is 0.345. The van der Waals surface area contributed by atoms with E-state index in [1.165, 1.54) is 11.3 Å². The molecule has 0 aliphatic heterocycles. The van der Waals surface area contributed by atoms with E-state index >= 15 is 0 Å². The monoisotopic (exact) mass is 262 g/mol. The molecule has 18 heavy (non-hydrogen) atoms. The molecule has 2 heterocycles. The molecular formula is C12H14N4OS. The highest BCUT2D eigenvalue weighted by Gasteiger charge is 2.13. The SMILES string of the molecule is NCCc1nc(C(=O)Cc2cccnc2N)cs1. The van der Waals surface area contributed by atoms with Gasteiger partial charge in [0.25, 0.3) is 0 Å². The average molecular weight is 262 g/mol. The normalized spacial score (nSPS) is 10.5. The third-order valence-corrected chi connectivity index (χ3v) is 3.38. The van der Waals surface area contributed by atoms with Crippen LogP contribution in [0.4, 0.5) is 5.82 Å². The number of carbonyl (C=O) groups is 1. The molecule has 0 saturated carbocycles. The molecule has 0 radical (unpaired) electrons. The summed E-state index contributed by atoms with van der Waals surface area (Å²) in [6.45, 7) is 0.538. The van der Waals surface area contributed by atoms with Crippen molar-refractivity contribution < 1.29 is 4.79 Å². The lowest BCUT2D eigenvalue weighted by Crippen LogP contribution is -2.08. The number of carbonyl (C=O) groups excluding carboxylic acids is 1. The van der Waals surface area contributed by atoms with E-state index in [1.54, 1.807) is 23.7 Å². The maximum atomic E-state index is 12.0. The van der Waals surface area contributed by atoms with Crippen LogP contribution in [0.1, 0.15) is 21.1 Å². The van der Waals surface area contributed by atoms with Crippen LogP contribution in [-0.4, -0.2) is 22.3 Å². The van der Waals surface area contributed by atoms with Gasteiger partial charge in [-0.1, -0.05) is 6.07 Å². The van der Waals surface area contributed by atoms with Crippen LogP contribution in [0.3, 0.4) is 0 Å². The molecule has 2 rings (SSSR count). The van der Waals surface area contributed by atoms with Crippen molar-refractivity contribution in [1.82, 2.24) is 9.97 Å². The summed E-state index contributed by atoms with van der Waals surface area (Å²) in [6.07, 6.45) is 2.53. The Morgan fingerprint density at radius 3 is 3.00 bits per heavy atom. The number of pyridine rings is 1. The van der Waals surface area contributed by atoms with Crippen molar-refractivity contribution in [2.24, 2.45) is 5.73 Å². The molecule has 0 aliphatic rings. The second kappa shape index (κ2) is 5.70. The van der Waals surface area contributed by atoms with Gasteiger partial charge in [0.05, 0.1) is 5.01 Å². The molecule has 4 N–H and O–H groups in total. The minimum absolute atomic E-state index is 0.0470. The number of nitrogens with two attached hydrogens (primary N) is 2. The Hall–Kier alpha value is -1.79. The van der Waals surface area contributed by atoms with Crippen molar-refractivity contribution in [3.05, 3.63) is 40.0 Å². The van der Waals surface area contributed by atoms with E-state index < -0.39 is 0 Å². The number of ketones is 1. The summed E-state index contributed by atoms with van der Waals surface area (Å²) in [7, 11) is 0. The Bertz CT molecular complexity index is 553. The van der Waals surface area contributed by atoms with E-state index in [1.807, 2.05) is 0 Å². The molecule has 2 aromatic heterocycles. The zero-order chi connectivity index (χ0) is 13.0. The molecule has 0 atom stereocenters. The average Bonchev–Trinajstić information content (AvgIpc) is 2.81. The maximum absolute atomic E-state index is 12.0. The van der Waals surface area contributed by atoms with Gasteiger partial charge in [-0.15, -0.1) is 11.3 Å². The first-order chi connectivity index (χ1) is 8.70. The van der Waals surface area contributed by atoms with Crippen LogP contribution in [0.2, 0.25) is 0 Å². The molecule has 2 aromatic rings. The highest BCUT2D eigenvalue weighted by atomic mass is 32.1. The second-order valence-corrected chi connectivity index (χ2v) is 4.76. The van der Waals surface area contributed by atoms with Crippen LogP contribution in [0.5, 0.6) is 0 Å². The topological polar surface area (TPSA) is 94.9 Å². The molecule has 0 spiro atoms. The van der Waals surface area contributed by atoms with Crippen LogP contribution in [-0.2, 0) is 12.8 Å². The largest absolute Gasteiger partial charge is 0.383 e. The molecule has 94 valence electrons. The lowest BCUT2D eigenvalue weighted by molar-refractivity contribution is 0.0989. The quantitative estimate of drug-likeness (QED) is 0.785. The zero-order valence-corrected chi connectivity index (χ0v) is 10.6. The summed E-state index contributed by atoms with van der Waals surface area (Å²) in [5.41, 5.74) is 12.4. The summed E-state index contributed by atoms with van der Waals surface area (Å²) in [6, 6.07) is 3.56. The van der Waals surface area contributed by atoms with E-state index in [2.05, 4.69) is 9.97 Å². The lowest BCUT2D eigenvalue weighted by atomic mass is 10.1. The van der Waals surface area contributed by atoms with Crippen molar-refractivity contribution in [2.45, 2.75) is 12.8 Å². The van der Waals surface area contributed by atoms with Gasteiger partial charge in [0.1, 0.15) is 11.5 Å². The van der Waals surface area contributed by atoms with Crippen molar-refractivity contribution in [2.75, 3.05) is 12.3 Å². The van der Waals surface area contributed by atoms with E-state index in [9.17, 15) is 4.79 Å². The Morgan fingerprint density at radius 2 is 2.28 bits per heavy atom. The van der Waals surface area contributed by atoms with Crippen molar-refractivity contribution in [3.63, 3.8) is 0 Å². The third kappa shape index (κ3) is 2.91. The number of Topliss-reactive ketones (excluding diaryl/α,β-unsaturated/α-hetero) is 1. The van der Waals surface area contributed by atoms with E-state index in [0.29, 0.717) is 24.5 Å². The van der Waals surface area contributed by atoms with Gasteiger partial charge in [-0.2, -0.15) is 0 Å². The number of aromatic nitrogens is 2. The molecule has 0 aromatic carbocycles. The van der Waals surface area contributed by atoms with Crippen molar-refractivity contribution >= 4 is 22.9 Å². The highest BCUT2D eigenvalue weighted by Crippen LogP contribution is 2.15. The van der Waals surface area contributed by atoms with Gasteiger partial charge >= 0.3 is 0 Å². The van der Waals surface area contributed by atoms with Crippen LogP contribution in [0, 0.1) is 0 Å². The minimum atomic E-state index is -0.0470. The Balaban J connectivity index is 2.10. The first-order valence-corrected chi connectivity index (χ1v) is 6.45. The summed E-state index contributed by atoms with van der Waals surface area (Å²) in [4.78, 5) is 20.2. The molecule has 5 nitrogen and oxygen atoms in total. The van der Waals surface area contributed by atoms with Gasteiger partial charge in [-0.25, -0.2) is 9.97 Å². The fourth-order valence-corrected chi connectivity index (χ4v) is 2.36. The lowest BCUT2D eigenvalue weighted by Gasteiger charge is -2.01. The molecule has 0 bridgehead atoms. The Labute approximate surface area is 109 Å². The Kier molecular flexibility index (Phi) is 4.01. The number of nitrogens with zero attached hydrogens (tertiary/aromatic N) is 2. The van der Waals surface area contributed by atoms with Crippen LogP contribution in [0.15, 0.2) is 23.7 Å². The van der Waals surface area contributed by atoms with Gasteiger partial charge in [-0.05, 0) is 12.6 Å². The van der Waals surface area contributed by atoms with Crippen molar-refractivity contribution in [3.8, 4) is 0 Å². The summed E-state index contributed by atoms with van der Waals surface area (Å²) >= 11 is 1.46. The summed E-state index contributed by atoms with van der Waals surface area (Å²) in [5, 5.41) is 2.65. The molecule has 0 amide bonds. The number of nitrogen functional groups attached to an aromatic ring is 1. The van der Waals surface area contributed by atoms with Gasteiger partial charge < -0.3 is 11.5 Å². The predicted octanol–water partition coefficient (Wildman–Crippen LogP) is 1.05. The van der Waals surface area contributed by atoms with Crippen LogP contribution in [0.25, 0.3) is 0 Å². The van der Waals surface area contributed by atoms with E-state index in [-0.39, 0.29) is 12.2 Å². The number of hydrogen-bond acceptors (Lipinski definition) is 6. The zero-order valence-electron chi connectivity index (χ0n) is 9.80. The molecule has 0 saturated heterocycles.